The summed E-state index contributed by atoms with van der Waals surface area (Å²) in [5.41, 5.74) is -3.26. The first-order valence-corrected chi connectivity index (χ1v) is 4.52. The van der Waals surface area contributed by atoms with Gasteiger partial charge < -0.3 is 0 Å². The Morgan fingerprint density at radius 3 is 2.64 bits per heavy atom. The van der Waals surface area contributed by atoms with Crippen LogP contribution in [0.1, 0.15) is 0 Å². The van der Waals surface area contributed by atoms with Gasteiger partial charge in [0.05, 0.1) is 23.0 Å². The lowest BCUT2D eigenvalue weighted by Crippen LogP contribution is -2.03. The Hall–Kier alpha value is -1.17. The zero-order chi connectivity index (χ0) is 10.2. The third-order valence-electron chi connectivity index (χ3n) is 1.62. The lowest BCUT2D eigenvalue weighted by atomic mass is 10.3. The van der Waals surface area contributed by atoms with E-state index in [2.05, 4.69) is 4.98 Å². The Bertz CT molecular complexity index is 449. The average molecular weight is 218 g/mol. The van der Waals surface area contributed by atoms with Crippen LogP contribution < -0.4 is 0 Å². The third-order valence-corrected chi connectivity index (χ3v) is 2.32. The van der Waals surface area contributed by atoms with Gasteiger partial charge in [-0.1, -0.05) is 12.1 Å². The van der Waals surface area contributed by atoms with Gasteiger partial charge in [-0.15, -0.1) is 0 Å². The smallest absolute Gasteiger partial charge is 0.265 e. The van der Waals surface area contributed by atoms with Crippen molar-refractivity contribution in [1.82, 2.24) is 8.96 Å². The van der Waals surface area contributed by atoms with Gasteiger partial charge in [-0.2, -0.15) is 13.2 Å². The van der Waals surface area contributed by atoms with Crippen molar-refractivity contribution in [2.75, 3.05) is 0 Å². The molecule has 1 aromatic heterocycles. The van der Waals surface area contributed by atoms with Crippen molar-refractivity contribution in [3.63, 3.8) is 0 Å². The van der Waals surface area contributed by atoms with Crippen LogP contribution in [0, 0.1) is 0 Å². The van der Waals surface area contributed by atoms with Gasteiger partial charge in [0.1, 0.15) is 6.33 Å². The Kier molecular flexibility index (Phi) is 2.14. The molecule has 1 heterocycles. The van der Waals surface area contributed by atoms with E-state index < -0.39 is 5.51 Å². The molecule has 1 aromatic carbocycles. The molecule has 0 fully saturated rings. The highest BCUT2D eigenvalue weighted by atomic mass is 32.2. The zero-order valence-corrected chi connectivity index (χ0v) is 7.64. The predicted molar refractivity (Wildman–Crippen MR) is 48.8 cm³/mol. The van der Waals surface area contributed by atoms with Crippen LogP contribution in [0.4, 0.5) is 13.2 Å². The molecule has 2 rings (SSSR count). The van der Waals surface area contributed by atoms with E-state index in [4.69, 9.17) is 0 Å². The number of benzene rings is 1. The predicted octanol–water partition coefficient (Wildman–Crippen LogP) is 3.05. The van der Waals surface area contributed by atoms with Gasteiger partial charge in [0, 0.05) is 0 Å². The van der Waals surface area contributed by atoms with Gasteiger partial charge >= 0.3 is 5.51 Å². The van der Waals surface area contributed by atoms with Crippen LogP contribution >= 0.6 is 11.9 Å². The van der Waals surface area contributed by atoms with Crippen LogP contribution in [0.25, 0.3) is 11.0 Å². The summed E-state index contributed by atoms with van der Waals surface area (Å²) in [5.74, 6) is 0. The lowest BCUT2D eigenvalue weighted by Gasteiger charge is -2.05. The molecule has 0 bridgehead atoms. The second-order valence-electron chi connectivity index (χ2n) is 2.60. The summed E-state index contributed by atoms with van der Waals surface area (Å²) in [7, 11) is 0. The molecule has 0 radical (unpaired) electrons. The highest BCUT2D eigenvalue weighted by Gasteiger charge is 2.30. The lowest BCUT2D eigenvalue weighted by molar-refractivity contribution is -0.0334. The normalized spacial score (nSPS) is 12.2. The van der Waals surface area contributed by atoms with Gasteiger partial charge in [0.15, 0.2) is 0 Å². The fourth-order valence-electron chi connectivity index (χ4n) is 1.12. The van der Waals surface area contributed by atoms with Gasteiger partial charge in [-0.25, -0.2) is 4.98 Å². The van der Waals surface area contributed by atoms with Crippen molar-refractivity contribution < 1.29 is 13.2 Å². The maximum absolute atomic E-state index is 12.1. The van der Waals surface area contributed by atoms with Crippen molar-refractivity contribution in [3.05, 3.63) is 30.6 Å². The SMILES string of the molecule is FC(F)(F)Sn1cnc2ccccc21. The second kappa shape index (κ2) is 3.20. The van der Waals surface area contributed by atoms with E-state index in [0.29, 0.717) is 11.0 Å². The third kappa shape index (κ3) is 1.84. The topological polar surface area (TPSA) is 17.8 Å². The number of halogens is 3. The Morgan fingerprint density at radius 1 is 1.21 bits per heavy atom. The summed E-state index contributed by atoms with van der Waals surface area (Å²) < 4.78 is 37.2. The number of hydrogen-bond donors (Lipinski definition) is 0. The molecule has 0 unspecified atom stereocenters. The molecule has 0 atom stereocenters. The highest BCUT2D eigenvalue weighted by Crippen LogP contribution is 2.33. The molecular weight excluding hydrogens is 213 g/mol. The standard InChI is InChI=1S/C8H5F3N2S/c9-8(10,11)14-13-5-12-6-3-1-2-4-7(6)13/h1-5H. The van der Waals surface area contributed by atoms with E-state index in [1.807, 2.05) is 0 Å². The van der Waals surface area contributed by atoms with Crippen LogP contribution in [0.15, 0.2) is 30.6 Å². The van der Waals surface area contributed by atoms with Crippen molar-refractivity contribution >= 4 is 23.0 Å². The molecule has 0 aliphatic carbocycles. The molecule has 0 aliphatic heterocycles. The van der Waals surface area contributed by atoms with E-state index >= 15 is 0 Å². The second-order valence-corrected chi connectivity index (χ2v) is 3.63. The van der Waals surface area contributed by atoms with E-state index in [1.54, 1.807) is 24.3 Å². The van der Waals surface area contributed by atoms with Crippen LogP contribution in [0.5, 0.6) is 0 Å². The number of para-hydroxylation sites is 2. The molecule has 2 aromatic rings. The Morgan fingerprint density at radius 2 is 1.93 bits per heavy atom. The summed E-state index contributed by atoms with van der Waals surface area (Å²) in [4.78, 5) is 3.84. The Balaban J connectivity index is 2.44. The molecule has 0 N–H and O–H groups in total. The zero-order valence-electron chi connectivity index (χ0n) is 6.82. The van der Waals surface area contributed by atoms with Gasteiger partial charge in [-0.05, 0) is 12.1 Å². The molecule has 0 amide bonds. The number of imidazole rings is 1. The first-order valence-electron chi connectivity index (χ1n) is 3.74. The van der Waals surface area contributed by atoms with Gasteiger partial charge in [0.2, 0.25) is 0 Å². The number of hydrogen-bond acceptors (Lipinski definition) is 2. The largest absolute Gasteiger partial charge is 0.462 e. The van der Waals surface area contributed by atoms with E-state index in [-0.39, 0.29) is 11.9 Å². The summed E-state index contributed by atoms with van der Waals surface area (Å²) in [6, 6.07) is 6.68. The van der Waals surface area contributed by atoms with E-state index in [0.717, 1.165) is 3.97 Å². The molecule has 0 saturated carbocycles. The Labute approximate surface area is 81.9 Å². The summed E-state index contributed by atoms with van der Waals surface area (Å²) in [6.07, 6.45) is 1.17. The van der Waals surface area contributed by atoms with Gasteiger partial charge in [0.25, 0.3) is 0 Å². The summed E-state index contributed by atoms with van der Waals surface area (Å²) in [5, 5.41) is 0. The first-order chi connectivity index (χ1) is 6.56. The van der Waals surface area contributed by atoms with Crippen LogP contribution in [-0.4, -0.2) is 14.5 Å². The molecule has 14 heavy (non-hydrogen) atoms. The fourth-order valence-corrected chi connectivity index (χ4v) is 1.69. The molecule has 74 valence electrons. The average Bonchev–Trinajstić information content (AvgIpc) is 2.47. The minimum Gasteiger partial charge on any atom is -0.265 e. The molecule has 2 nitrogen and oxygen atoms in total. The number of aromatic nitrogens is 2. The number of fused-ring (bicyclic) bond motifs is 1. The molecule has 6 heteroatoms. The van der Waals surface area contributed by atoms with Crippen LogP contribution in [0.2, 0.25) is 0 Å². The van der Waals surface area contributed by atoms with Crippen molar-refractivity contribution in [1.29, 1.82) is 0 Å². The van der Waals surface area contributed by atoms with Crippen LogP contribution in [-0.2, 0) is 0 Å². The quantitative estimate of drug-likeness (QED) is 0.732. The van der Waals surface area contributed by atoms with E-state index in [1.165, 1.54) is 6.33 Å². The van der Waals surface area contributed by atoms with Crippen molar-refractivity contribution in [2.24, 2.45) is 0 Å². The maximum Gasteiger partial charge on any atom is 0.462 e. The number of rotatable bonds is 1. The molecule has 0 spiro atoms. The summed E-state index contributed by atoms with van der Waals surface area (Å²) >= 11 is -0.209. The monoisotopic (exact) mass is 218 g/mol. The molecule has 0 aliphatic rings. The number of alkyl halides is 3. The van der Waals surface area contributed by atoms with E-state index in [9.17, 15) is 13.2 Å². The minimum atomic E-state index is -4.29. The van der Waals surface area contributed by atoms with Gasteiger partial charge in [-0.3, -0.25) is 3.97 Å². The highest BCUT2D eigenvalue weighted by molar-refractivity contribution is 7.98. The van der Waals surface area contributed by atoms with Crippen molar-refractivity contribution in [2.45, 2.75) is 5.51 Å². The van der Waals surface area contributed by atoms with Crippen molar-refractivity contribution in [3.8, 4) is 0 Å². The maximum atomic E-state index is 12.1. The number of nitrogens with zero attached hydrogens (tertiary/aromatic N) is 2. The minimum absolute atomic E-state index is 0.209. The molecule has 0 saturated heterocycles. The summed E-state index contributed by atoms with van der Waals surface area (Å²) in [6.45, 7) is 0. The van der Waals surface area contributed by atoms with Crippen LogP contribution in [0.3, 0.4) is 0 Å². The molecular formula is C8H5F3N2S. The first kappa shape index (κ1) is 9.39. The fraction of sp³-hybridized carbons (Fsp3) is 0.125.